The van der Waals surface area contributed by atoms with Gasteiger partial charge >= 0.3 is 0 Å². The maximum absolute atomic E-state index is 13.0. The zero-order valence-electron chi connectivity index (χ0n) is 17.3. The number of hydrogen-bond acceptors (Lipinski definition) is 6. The van der Waals surface area contributed by atoms with Crippen LogP contribution in [-0.4, -0.2) is 35.3 Å². The summed E-state index contributed by atoms with van der Waals surface area (Å²) < 4.78 is 5.60. The van der Waals surface area contributed by atoms with E-state index in [1.54, 1.807) is 7.11 Å². The van der Waals surface area contributed by atoms with Crippen molar-refractivity contribution in [2.24, 2.45) is 5.16 Å². The molecule has 0 spiro atoms. The lowest BCUT2D eigenvalue weighted by molar-refractivity contribution is -0.116. The van der Waals surface area contributed by atoms with E-state index < -0.39 is 0 Å². The number of carbonyl (C=O) groups is 1. The summed E-state index contributed by atoms with van der Waals surface area (Å²) in [5.41, 5.74) is 5.40. The van der Waals surface area contributed by atoms with E-state index in [-0.39, 0.29) is 17.5 Å². The van der Waals surface area contributed by atoms with E-state index in [0.29, 0.717) is 43.0 Å². The standard InChI is InChI=1S/C22H30N2O4/c1-5-17(24-28-6-2)21-18(25)11-14(12-19(21)26)20-16-10-8-7-9-15(16)13(3)23-22(20)27-4/h14,25H,5-12H2,1-4H3/b24-17-. The molecule has 6 nitrogen and oxygen atoms in total. The molecule has 1 aromatic rings. The predicted octanol–water partition coefficient (Wildman–Crippen LogP) is 4.34. The van der Waals surface area contributed by atoms with Gasteiger partial charge in [0.05, 0.1) is 18.4 Å². The fourth-order valence-electron chi connectivity index (χ4n) is 4.44. The van der Waals surface area contributed by atoms with Gasteiger partial charge in [-0.15, -0.1) is 0 Å². The second-order valence-corrected chi connectivity index (χ2v) is 7.44. The number of aryl methyl sites for hydroxylation is 1. The molecule has 3 rings (SSSR count). The number of Topliss-reactive ketones (excluding diaryl/α,β-unsaturated/α-hetero) is 1. The van der Waals surface area contributed by atoms with Crippen molar-refractivity contribution in [3.05, 3.63) is 33.7 Å². The van der Waals surface area contributed by atoms with E-state index in [0.717, 1.165) is 36.9 Å². The Bertz CT molecular complexity index is 826. The molecule has 6 heteroatoms. The lowest BCUT2D eigenvalue weighted by Gasteiger charge is -2.30. The van der Waals surface area contributed by atoms with Crippen molar-refractivity contribution in [2.75, 3.05) is 13.7 Å². The average Bonchev–Trinajstić information content (AvgIpc) is 2.69. The second-order valence-electron chi connectivity index (χ2n) is 7.44. The van der Waals surface area contributed by atoms with Gasteiger partial charge in [-0.3, -0.25) is 4.79 Å². The minimum absolute atomic E-state index is 0.0914. The van der Waals surface area contributed by atoms with Crippen molar-refractivity contribution >= 4 is 11.5 Å². The normalized spacial score (nSPS) is 20.2. The first-order valence-electron chi connectivity index (χ1n) is 10.2. The van der Waals surface area contributed by atoms with Crippen LogP contribution in [0.2, 0.25) is 0 Å². The monoisotopic (exact) mass is 386 g/mol. The summed E-state index contributed by atoms with van der Waals surface area (Å²) in [6, 6.07) is 0. The molecule has 0 aliphatic heterocycles. The van der Waals surface area contributed by atoms with E-state index in [4.69, 9.17) is 9.57 Å². The Balaban J connectivity index is 2.03. The number of aliphatic hydroxyl groups excluding tert-OH is 1. The van der Waals surface area contributed by atoms with E-state index in [2.05, 4.69) is 10.1 Å². The number of pyridine rings is 1. The third-order valence-corrected chi connectivity index (χ3v) is 5.70. The highest BCUT2D eigenvalue weighted by Crippen LogP contribution is 2.42. The first-order valence-corrected chi connectivity index (χ1v) is 10.2. The predicted molar refractivity (Wildman–Crippen MR) is 108 cm³/mol. The quantitative estimate of drug-likeness (QED) is 0.581. The molecular weight excluding hydrogens is 356 g/mol. The zero-order valence-corrected chi connectivity index (χ0v) is 17.3. The lowest BCUT2D eigenvalue weighted by Crippen LogP contribution is -2.25. The first-order chi connectivity index (χ1) is 13.5. The summed E-state index contributed by atoms with van der Waals surface area (Å²) in [7, 11) is 1.62. The molecule has 2 aliphatic carbocycles. The van der Waals surface area contributed by atoms with Crippen LogP contribution in [0.3, 0.4) is 0 Å². The number of methoxy groups -OCH3 is 1. The molecular formula is C22H30N2O4. The highest BCUT2D eigenvalue weighted by atomic mass is 16.6. The SMILES string of the molecule is CCO/N=C(/CC)C1=C(O)CC(c2c(OC)nc(C)c3c2CCCC3)CC1=O. The molecule has 1 unspecified atom stereocenters. The Morgan fingerprint density at radius 1 is 1.21 bits per heavy atom. The minimum atomic E-state index is -0.128. The third kappa shape index (κ3) is 3.77. The smallest absolute Gasteiger partial charge is 0.217 e. The van der Waals surface area contributed by atoms with Crippen LogP contribution >= 0.6 is 0 Å². The van der Waals surface area contributed by atoms with Gasteiger partial charge in [-0.25, -0.2) is 4.98 Å². The van der Waals surface area contributed by atoms with Crippen LogP contribution in [0.5, 0.6) is 5.88 Å². The Hall–Kier alpha value is -2.37. The van der Waals surface area contributed by atoms with E-state index in [1.807, 2.05) is 20.8 Å². The number of allylic oxidation sites excluding steroid dienone is 2. The first kappa shape index (κ1) is 20.4. The van der Waals surface area contributed by atoms with Crippen LogP contribution in [0.1, 0.15) is 74.3 Å². The van der Waals surface area contributed by atoms with Crippen LogP contribution in [-0.2, 0) is 22.5 Å². The van der Waals surface area contributed by atoms with Crippen molar-refractivity contribution in [2.45, 2.75) is 71.6 Å². The van der Waals surface area contributed by atoms with Crippen LogP contribution in [0.4, 0.5) is 0 Å². The minimum Gasteiger partial charge on any atom is -0.511 e. The largest absolute Gasteiger partial charge is 0.511 e. The van der Waals surface area contributed by atoms with Crippen molar-refractivity contribution in [1.29, 1.82) is 0 Å². The van der Waals surface area contributed by atoms with Crippen molar-refractivity contribution in [3.8, 4) is 5.88 Å². The highest BCUT2D eigenvalue weighted by molar-refractivity contribution is 6.23. The van der Waals surface area contributed by atoms with Crippen molar-refractivity contribution in [1.82, 2.24) is 4.98 Å². The fourth-order valence-corrected chi connectivity index (χ4v) is 4.44. The molecule has 0 saturated carbocycles. The number of aliphatic hydroxyl groups is 1. The zero-order chi connectivity index (χ0) is 20.3. The lowest BCUT2D eigenvalue weighted by atomic mass is 9.76. The van der Waals surface area contributed by atoms with Gasteiger partial charge in [0.25, 0.3) is 0 Å². The number of ketones is 1. The molecule has 2 aliphatic rings. The van der Waals surface area contributed by atoms with Crippen LogP contribution in [0.15, 0.2) is 16.5 Å². The van der Waals surface area contributed by atoms with E-state index in [9.17, 15) is 9.90 Å². The van der Waals surface area contributed by atoms with Crippen molar-refractivity contribution in [3.63, 3.8) is 0 Å². The maximum atomic E-state index is 13.0. The summed E-state index contributed by atoms with van der Waals surface area (Å²) in [4.78, 5) is 22.8. The van der Waals surface area contributed by atoms with Gasteiger partial charge in [0.2, 0.25) is 5.88 Å². The van der Waals surface area contributed by atoms with Crippen LogP contribution in [0, 0.1) is 6.92 Å². The molecule has 0 radical (unpaired) electrons. The number of aromatic nitrogens is 1. The Morgan fingerprint density at radius 3 is 2.54 bits per heavy atom. The molecule has 0 fully saturated rings. The highest BCUT2D eigenvalue weighted by Gasteiger charge is 2.35. The van der Waals surface area contributed by atoms with Gasteiger partial charge in [0.1, 0.15) is 12.4 Å². The second kappa shape index (κ2) is 8.76. The van der Waals surface area contributed by atoms with Gasteiger partial charge in [-0.1, -0.05) is 12.1 Å². The van der Waals surface area contributed by atoms with E-state index >= 15 is 0 Å². The average molecular weight is 386 g/mol. The van der Waals surface area contributed by atoms with Crippen LogP contribution < -0.4 is 4.74 Å². The van der Waals surface area contributed by atoms with Gasteiger partial charge < -0.3 is 14.7 Å². The molecule has 1 heterocycles. The Morgan fingerprint density at radius 2 is 1.93 bits per heavy atom. The summed E-state index contributed by atoms with van der Waals surface area (Å²) in [6.07, 6.45) is 5.51. The molecule has 28 heavy (non-hydrogen) atoms. The fraction of sp³-hybridized carbons (Fsp3) is 0.591. The number of ether oxygens (including phenoxy) is 1. The molecule has 0 saturated heterocycles. The number of fused-ring (bicyclic) bond motifs is 1. The molecule has 1 atom stereocenters. The van der Waals surface area contributed by atoms with Gasteiger partial charge in [-0.05, 0) is 57.1 Å². The summed E-state index contributed by atoms with van der Waals surface area (Å²) in [5.74, 6) is 0.456. The molecule has 0 amide bonds. The van der Waals surface area contributed by atoms with E-state index in [1.165, 1.54) is 11.1 Å². The van der Waals surface area contributed by atoms with Gasteiger partial charge in [0, 0.05) is 30.0 Å². The Kier molecular flexibility index (Phi) is 6.37. The number of hydrogen-bond donors (Lipinski definition) is 1. The molecule has 152 valence electrons. The van der Waals surface area contributed by atoms with Crippen molar-refractivity contribution < 1.29 is 19.5 Å². The molecule has 1 aromatic heterocycles. The van der Waals surface area contributed by atoms with Crippen LogP contribution in [0.25, 0.3) is 0 Å². The number of carbonyl (C=O) groups excluding carboxylic acids is 1. The molecule has 0 aromatic carbocycles. The molecule has 0 bridgehead atoms. The van der Waals surface area contributed by atoms with Gasteiger partial charge in [0.15, 0.2) is 5.78 Å². The topological polar surface area (TPSA) is 81.0 Å². The number of rotatable bonds is 6. The number of oxime groups is 1. The summed E-state index contributed by atoms with van der Waals surface area (Å²) in [6.45, 7) is 6.19. The maximum Gasteiger partial charge on any atom is 0.217 e. The Labute approximate surface area is 166 Å². The van der Waals surface area contributed by atoms with Gasteiger partial charge in [-0.2, -0.15) is 0 Å². The third-order valence-electron chi connectivity index (χ3n) is 5.70. The summed E-state index contributed by atoms with van der Waals surface area (Å²) >= 11 is 0. The summed E-state index contributed by atoms with van der Waals surface area (Å²) in [5, 5.41) is 14.8. The number of nitrogens with zero attached hydrogens (tertiary/aromatic N) is 2. The molecule has 1 N–H and O–H groups in total.